The van der Waals surface area contributed by atoms with E-state index >= 15 is 0 Å². The minimum Gasteiger partial charge on any atom is -0.380 e. The molecule has 0 saturated carbocycles. The predicted molar refractivity (Wildman–Crippen MR) is 99.5 cm³/mol. The van der Waals surface area contributed by atoms with Crippen molar-refractivity contribution in [1.29, 1.82) is 0 Å². The number of hydrogen-bond acceptors (Lipinski definition) is 4. The molecule has 26 heavy (non-hydrogen) atoms. The van der Waals surface area contributed by atoms with Gasteiger partial charge in [0, 0.05) is 31.5 Å². The summed E-state index contributed by atoms with van der Waals surface area (Å²) in [6.45, 7) is 1.51. The number of rotatable bonds is 6. The molecule has 0 aliphatic carbocycles. The van der Waals surface area contributed by atoms with Crippen LogP contribution in [0.15, 0.2) is 53.4 Å². The van der Waals surface area contributed by atoms with Gasteiger partial charge in [0.2, 0.25) is 10.0 Å². The Morgan fingerprint density at radius 2 is 1.85 bits per heavy atom. The molecule has 1 aliphatic rings. The summed E-state index contributed by atoms with van der Waals surface area (Å²) in [5.41, 5.74) is 1.84. The van der Waals surface area contributed by atoms with Gasteiger partial charge in [-0.2, -0.15) is 4.31 Å². The van der Waals surface area contributed by atoms with E-state index in [9.17, 15) is 13.2 Å². The molecule has 2 aromatic carbocycles. The quantitative estimate of drug-likeness (QED) is 0.844. The number of nitrogens with one attached hydrogen (secondary N) is 1. The Balaban J connectivity index is 1.78. The maximum absolute atomic E-state index is 12.7. The van der Waals surface area contributed by atoms with Crippen LogP contribution in [0.1, 0.15) is 28.8 Å². The van der Waals surface area contributed by atoms with Crippen LogP contribution >= 0.6 is 0 Å². The molecule has 1 amide bonds. The van der Waals surface area contributed by atoms with Crippen molar-refractivity contribution < 1.29 is 17.9 Å². The third kappa shape index (κ3) is 4.12. The van der Waals surface area contributed by atoms with E-state index < -0.39 is 10.0 Å². The normalized spacial score (nSPS) is 15.1. The summed E-state index contributed by atoms with van der Waals surface area (Å²) < 4.78 is 31.9. The summed E-state index contributed by atoms with van der Waals surface area (Å²) in [6.07, 6.45) is 1.76. The van der Waals surface area contributed by atoms with Crippen molar-refractivity contribution in [3.05, 3.63) is 59.7 Å². The number of carbonyl (C=O) groups excluding carboxylic acids is 1. The lowest BCUT2D eigenvalue weighted by Gasteiger charge is -2.16. The molecule has 0 spiro atoms. The Kier molecular flexibility index (Phi) is 5.70. The third-order valence-electron chi connectivity index (χ3n) is 4.29. The predicted octanol–water partition coefficient (Wildman–Crippen LogP) is 2.87. The van der Waals surface area contributed by atoms with Gasteiger partial charge in [-0.15, -0.1) is 0 Å². The molecule has 0 atom stereocenters. The van der Waals surface area contributed by atoms with Crippen molar-refractivity contribution in [2.24, 2.45) is 0 Å². The lowest BCUT2D eigenvalue weighted by Crippen LogP contribution is -2.27. The highest BCUT2D eigenvalue weighted by molar-refractivity contribution is 7.89. The molecule has 1 saturated heterocycles. The molecule has 0 radical (unpaired) electrons. The molecule has 1 heterocycles. The third-order valence-corrected chi connectivity index (χ3v) is 6.19. The number of benzene rings is 2. The SMILES string of the molecule is COCc1cccc(C(=O)Nc2cccc(S(=O)(=O)N3CCCC3)c2)c1. The largest absolute Gasteiger partial charge is 0.380 e. The van der Waals surface area contributed by atoms with Gasteiger partial charge in [-0.3, -0.25) is 4.79 Å². The Bertz CT molecular complexity index is 890. The number of carbonyl (C=O) groups is 1. The molecule has 0 unspecified atom stereocenters. The first-order valence-electron chi connectivity index (χ1n) is 8.50. The number of sulfonamides is 1. The monoisotopic (exact) mass is 374 g/mol. The first kappa shape index (κ1) is 18.6. The average Bonchev–Trinajstić information content (AvgIpc) is 3.18. The average molecular weight is 374 g/mol. The van der Waals surface area contributed by atoms with Gasteiger partial charge in [-0.1, -0.05) is 18.2 Å². The fourth-order valence-electron chi connectivity index (χ4n) is 2.98. The van der Waals surface area contributed by atoms with Crippen molar-refractivity contribution >= 4 is 21.6 Å². The number of nitrogens with zero attached hydrogens (tertiary/aromatic N) is 1. The molecule has 1 aliphatic heterocycles. The maximum atomic E-state index is 12.7. The zero-order chi connectivity index (χ0) is 18.6. The van der Waals surface area contributed by atoms with Crippen LogP contribution in [0.25, 0.3) is 0 Å². The second kappa shape index (κ2) is 7.99. The molecule has 0 bridgehead atoms. The number of ether oxygens (including phenoxy) is 1. The molecule has 6 nitrogen and oxygen atoms in total. The maximum Gasteiger partial charge on any atom is 0.255 e. The zero-order valence-electron chi connectivity index (χ0n) is 14.6. The van der Waals surface area contributed by atoms with Gasteiger partial charge >= 0.3 is 0 Å². The smallest absolute Gasteiger partial charge is 0.255 e. The van der Waals surface area contributed by atoms with Gasteiger partial charge in [0.25, 0.3) is 5.91 Å². The zero-order valence-corrected chi connectivity index (χ0v) is 15.5. The number of amides is 1. The topological polar surface area (TPSA) is 75.7 Å². The van der Waals surface area contributed by atoms with Crippen molar-refractivity contribution in [2.45, 2.75) is 24.3 Å². The lowest BCUT2D eigenvalue weighted by molar-refractivity contribution is 0.102. The molecule has 1 fully saturated rings. The molecule has 3 rings (SSSR count). The molecular formula is C19H22N2O4S. The van der Waals surface area contributed by atoms with Gasteiger partial charge in [-0.25, -0.2) is 8.42 Å². The summed E-state index contributed by atoms with van der Waals surface area (Å²) in [7, 11) is -1.91. The highest BCUT2D eigenvalue weighted by atomic mass is 32.2. The van der Waals surface area contributed by atoms with E-state index in [1.807, 2.05) is 6.07 Å². The van der Waals surface area contributed by atoms with E-state index in [0.29, 0.717) is 30.9 Å². The van der Waals surface area contributed by atoms with E-state index in [-0.39, 0.29) is 10.8 Å². The Hall–Kier alpha value is -2.22. The van der Waals surface area contributed by atoms with E-state index in [1.54, 1.807) is 43.5 Å². The first-order valence-corrected chi connectivity index (χ1v) is 9.94. The number of methoxy groups -OCH3 is 1. The summed E-state index contributed by atoms with van der Waals surface area (Å²) in [6, 6.07) is 13.5. The van der Waals surface area contributed by atoms with Crippen LogP contribution in [0.4, 0.5) is 5.69 Å². The van der Waals surface area contributed by atoms with E-state index in [0.717, 1.165) is 18.4 Å². The van der Waals surface area contributed by atoms with Gasteiger partial charge in [-0.05, 0) is 48.7 Å². The highest BCUT2D eigenvalue weighted by Gasteiger charge is 2.27. The Labute approximate surface area is 153 Å². The Morgan fingerprint density at radius 1 is 1.12 bits per heavy atom. The second-order valence-corrected chi connectivity index (χ2v) is 8.16. The standard InChI is InChI=1S/C19H22N2O4S/c1-25-14-15-6-4-7-16(12-15)19(22)20-17-8-5-9-18(13-17)26(23,24)21-10-2-3-11-21/h4-9,12-13H,2-3,10-11,14H2,1H3,(H,20,22). The fraction of sp³-hybridized carbons (Fsp3) is 0.316. The van der Waals surface area contributed by atoms with Crippen molar-refractivity contribution in [2.75, 3.05) is 25.5 Å². The van der Waals surface area contributed by atoms with Crippen LogP contribution < -0.4 is 5.32 Å². The molecule has 2 aromatic rings. The van der Waals surface area contributed by atoms with E-state index in [1.165, 1.54) is 10.4 Å². The second-order valence-electron chi connectivity index (χ2n) is 6.23. The van der Waals surface area contributed by atoms with Gasteiger partial charge in [0.05, 0.1) is 11.5 Å². The van der Waals surface area contributed by atoms with Gasteiger partial charge in [0.1, 0.15) is 0 Å². The van der Waals surface area contributed by atoms with Crippen molar-refractivity contribution in [3.8, 4) is 0 Å². The van der Waals surface area contributed by atoms with Gasteiger partial charge in [0.15, 0.2) is 0 Å². The van der Waals surface area contributed by atoms with Crippen LogP contribution in [0.5, 0.6) is 0 Å². The van der Waals surface area contributed by atoms with Crippen LogP contribution in [0, 0.1) is 0 Å². The van der Waals surface area contributed by atoms with Crippen LogP contribution in [-0.4, -0.2) is 38.8 Å². The fourth-order valence-corrected chi connectivity index (χ4v) is 4.55. The highest BCUT2D eigenvalue weighted by Crippen LogP contribution is 2.23. The number of hydrogen-bond donors (Lipinski definition) is 1. The summed E-state index contributed by atoms with van der Waals surface area (Å²) in [4.78, 5) is 12.7. The van der Waals surface area contributed by atoms with E-state index in [2.05, 4.69) is 5.32 Å². The molecular weight excluding hydrogens is 352 g/mol. The number of anilines is 1. The summed E-state index contributed by atoms with van der Waals surface area (Å²) in [5, 5.41) is 2.77. The minimum absolute atomic E-state index is 0.199. The summed E-state index contributed by atoms with van der Waals surface area (Å²) in [5.74, 6) is -0.293. The lowest BCUT2D eigenvalue weighted by atomic mass is 10.1. The molecule has 7 heteroatoms. The minimum atomic E-state index is -3.51. The molecule has 1 N–H and O–H groups in total. The molecule has 0 aromatic heterocycles. The summed E-state index contributed by atoms with van der Waals surface area (Å²) >= 11 is 0. The van der Waals surface area contributed by atoms with Crippen molar-refractivity contribution in [3.63, 3.8) is 0 Å². The molecule has 138 valence electrons. The van der Waals surface area contributed by atoms with Gasteiger partial charge < -0.3 is 10.1 Å². The van der Waals surface area contributed by atoms with Crippen molar-refractivity contribution in [1.82, 2.24) is 4.31 Å². The first-order chi connectivity index (χ1) is 12.5. The van der Waals surface area contributed by atoms with Crippen LogP contribution in [0.2, 0.25) is 0 Å². The van der Waals surface area contributed by atoms with Crippen LogP contribution in [-0.2, 0) is 21.4 Å². The van der Waals surface area contributed by atoms with Crippen LogP contribution in [0.3, 0.4) is 0 Å². The van der Waals surface area contributed by atoms with E-state index in [4.69, 9.17) is 4.74 Å². The Morgan fingerprint density at radius 3 is 2.58 bits per heavy atom.